The molecule has 0 spiro atoms. The molecule has 1 aromatic heterocycles. The molecule has 0 saturated carbocycles. The van der Waals surface area contributed by atoms with E-state index >= 15 is 0 Å². The van der Waals surface area contributed by atoms with Crippen LogP contribution in [0.15, 0.2) is 15.4 Å². The molecule has 8 heteroatoms. The molecule has 1 aromatic rings. The predicted molar refractivity (Wildman–Crippen MR) is 70.3 cm³/mol. The van der Waals surface area contributed by atoms with Gasteiger partial charge in [0.05, 0.1) is 0 Å². The number of aryl methyl sites for hydroxylation is 1. The summed E-state index contributed by atoms with van der Waals surface area (Å²) in [4.78, 5) is 11.7. The molecule has 1 rings (SSSR count). The van der Waals surface area contributed by atoms with Crippen molar-refractivity contribution in [1.82, 2.24) is 9.62 Å². The molecule has 0 saturated heterocycles. The topological polar surface area (TPSA) is 106 Å². The first-order valence-corrected chi connectivity index (χ1v) is 7.26. The van der Waals surface area contributed by atoms with E-state index in [1.165, 1.54) is 27.1 Å². The van der Waals surface area contributed by atoms with Crippen molar-refractivity contribution in [2.75, 3.05) is 27.2 Å². The lowest BCUT2D eigenvalue weighted by atomic mass is 10.4. The second-order valence-electron chi connectivity index (χ2n) is 4.22. The molecule has 3 N–H and O–H groups in total. The van der Waals surface area contributed by atoms with E-state index < -0.39 is 15.9 Å². The van der Waals surface area contributed by atoms with Crippen molar-refractivity contribution in [1.29, 1.82) is 0 Å². The quantitative estimate of drug-likeness (QED) is 0.712. The molecular weight excluding hydrogens is 270 g/mol. The molecule has 0 aliphatic heterocycles. The number of rotatable bonds is 6. The van der Waals surface area contributed by atoms with E-state index in [1.807, 2.05) is 0 Å². The highest BCUT2D eigenvalue weighted by molar-refractivity contribution is 7.89. The highest BCUT2D eigenvalue weighted by Crippen LogP contribution is 2.22. The average Bonchev–Trinajstić information content (AvgIpc) is 2.72. The fraction of sp³-hybridized carbons (Fsp3) is 0.545. The van der Waals surface area contributed by atoms with Gasteiger partial charge in [-0.15, -0.1) is 0 Å². The maximum atomic E-state index is 12.0. The normalized spacial score (nSPS) is 11.8. The zero-order chi connectivity index (χ0) is 14.6. The summed E-state index contributed by atoms with van der Waals surface area (Å²) in [5.74, 6) is -0.274. The van der Waals surface area contributed by atoms with Crippen LogP contribution < -0.4 is 11.1 Å². The number of carbonyl (C=O) groups is 1. The summed E-state index contributed by atoms with van der Waals surface area (Å²) >= 11 is 0. The van der Waals surface area contributed by atoms with Gasteiger partial charge in [-0.1, -0.05) is 0 Å². The van der Waals surface area contributed by atoms with Crippen molar-refractivity contribution in [2.24, 2.45) is 5.73 Å². The molecule has 0 atom stereocenters. The van der Waals surface area contributed by atoms with Crippen molar-refractivity contribution < 1.29 is 17.6 Å². The van der Waals surface area contributed by atoms with Crippen LogP contribution in [0.4, 0.5) is 0 Å². The van der Waals surface area contributed by atoms with Crippen LogP contribution >= 0.6 is 0 Å². The van der Waals surface area contributed by atoms with Crippen molar-refractivity contribution >= 4 is 15.9 Å². The number of sulfonamides is 1. The Morgan fingerprint density at radius 2 is 2.11 bits per heavy atom. The monoisotopic (exact) mass is 289 g/mol. The molecule has 7 nitrogen and oxygen atoms in total. The van der Waals surface area contributed by atoms with Gasteiger partial charge in [0.2, 0.25) is 10.0 Å². The van der Waals surface area contributed by atoms with Crippen LogP contribution in [0.2, 0.25) is 0 Å². The van der Waals surface area contributed by atoms with Crippen LogP contribution in [0.1, 0.15) is 22.7 Å². The maximum Gasteiger partial charge on any atom is 0.287 e. The maximum absolute atomic E-state index is 12.0. The summed E-state index contributed by atoms with van der Waals surface area (Å²) in [6, 6.07) is 1.24. The van der Waals surface area contributed by atoms with Gasteiger partial charge in [0.1, 0.15) is 10.7 Å². The summed E-state index contributed by atoms with van der Waals surface area (Å²) in [5.41, 5.74) is 5.31. The van der Waals surface area contributed by atoms with Gasteiger partial charge >= 0.3 is 0 Å². The van der Waals surface area contributed by atoms with E-state index in [0.29, 0.717) is 19.5 Å². The first kappa shape index (κ1) is 15.7. The summed E-state index contributed by atoms with van der Waals surface area (Å²) in [6.07, 6.45) is 0.647. The average molecular weight is 289 g/mol. The molecule has 108 valence electrons. The van der Waals surface area contributed by atoms with Crippen LogP contribution in [0, 0.1) is 6.92 Å². The van der Waals surface area contributed by atoms with Crippen LogP contribution in [-0.2, 0) is 10.0 Å². The fourth-order valence-electron chi connectivity index (χ4n) is 1.42. The molecular formula is C11H19N3O4S. The standard InChI is InChI=1S/C11H19N3O4S/c1-8-10(19(16,17)14(2)3)7-9(18-8)11(15)13-6-4-5-12/h7H,4-6,12H2,1-3H3,(H,13,15). The third-order valence-corrected chi connectivity index (χ3v) is 4.44. The second kappa shape index (κ2) is 6.18. The lowest BCUT2D eigenvalue weighted by molar-refractivity contribution is 0.0924. The van der Waals surface area contributed by atoms with Crippen LogP contribution in [0.5, 0.6) is 0 Å². The first-order chi connectivity index (χ1) is 8.80. The van der Waals surface area contributed by atoms with Gasteiger partial charge in [-0.05, 0) is 19.9 Å². The first-order valence-electron chi connectivity index (χ1n) is 5.82. The Bertz CT molecular complexity index is 548. The van der Waals surface area contributed by atoms with Crippen LogP contribution in [0.25, 0.3) is 0 Å². The number of hydrogen-bond donors (Lipinski definition) is 2. The van der Waals surface area contributed by atoms with E-state index in [1.54, 1.807) is 0 Å². The lowest BCUT2D eigenvalue weighted by Crippen LogP contribution is -2.25. The molecule has 1 amide bonds. The molecule has 0 aromatic carbocycles. The largest absolute Gasteiger partial charge is 0.455 e. The molecule has 0 radical (unpaired) electrons. The van der Waals surface area contributed by atoms with Crippen molar-refractivity contribution in [3.63, 3.8) is 0 Å². The Balaban J connectivity index is 2.94. The number of hydrogen-bond acceptors (Lipinski definition) is 5. The van der Waals surface area contributed by atoms with Crippen molar-refractivity contribution in [2.45, 2.75) is 18.2 Å². The second-order valence-corrected chi connectivity index (χ2v) is 6.34. The Labute approximate surface area is 112 Å². The van der Waals surface area contributed by atoms with E-state index in [0.717, 1.165) is 4.31 Å². The number of nitrogens with two attached hydrogens (primary N) is 1. The Hall–Kier alpha value is -1.38. The minimum absolute atomic E-state index is 0.00137. The predicted octanol–water partition coefficient (Wildman–Crippen LogP) is -0.0831. The Kier molecular flexibility index (Phi) is 5.10. The van der Waals surface area contributed by atoms with Gasteiger partial charge in [-0.25, -0.2) is 12.7 Å². The Morgan fingerprint density at radius 3 is 2.63 bits per heavy atom. The zero-order valence-corrected chi connectivity index (χ0v) is 12.1. The number of amides is 1. The SMILES string of the molecule is Cc1oc(C(=O)NCCCN)cc1S(=O)(=O)N(C)C. The summed E-state index contributed by atoms with van der Waals surface area (Å²) in [5, 5.41) is 2.60. The molecule has 0 aliphatic rings. The van der Waals surface area contributed by atoms with Gasteiger partial charge in [0.15, 0.2) is 5.76 Å². The molecule has 19 heavy (non-hydrogen) atoms. The third kappa shape index (κ3) is 3.55. The van der Waals surface area contributed by atoms with Crippen LogP contribution in [0.3, 0.4) is 0 Å². The van der Waals surface area contributed by atoms with Crippen molar-refractivity contribution in [3.8, 4) is 0 Å². The van der Waals surface area contributed by atoms with Gasteiger partial charge in [0.25, 0.3) is 5.91 Å². The van der Waals surface area contributed by atoms with E-state index in [4.69, 9.17) is 10.2 Å². The third-order valence-electron chi connectivity index (χ3n) is 2.52. The number of furan rings is 1. The smallest absolute Gasteiger partial charge is 0.287 e. The zero-order valence-electron chi connectivity index (χ0n) is 11.3. The summed E-state index contributed by atoms with van der Waals surface area (Å²) in [6.45, 7) is 2.40. The van der Waals surface area contributed by atoms with Gasteiger partial charge in [-0.2, -0.15) is 0 Å². The molecule has 0 bridgehead atoms. The molecule has 1 heterocycles. The number of carbonyl (C=O) groups excluding carboxylic acids is 1. The summed E-state index contributed by atoms with van der Waals surface area (Å²) < 4.78 is 30.2. The minimum Gasteiger partial charge on any atom is -0.455 e. The number of nitrogens with one attached hydrogen (secondary N) is 1. The van der Waals surface area contributed by atoms with Gasteiger partial charge in [-0.3, -0.25) is 4.79 Å². The van der Waals surface area contributed by atoms with Gasteiger partial charge in [0, 0.05) is 26.7 Å². The Morgan fingerprint density at radius 1 is 1.47 bits per heavy atom. The molecule has 0 unspecified atom stereocenters. The van der Waals surface area contributed by atoms with E-state index in [-0.39, 0.29) is 16.4 Å². The van der Waals surface area contributed by atoms with E-state index in [2.05, 4.69) is 5.32 Å². The van der Waals surface area contributed by atoms with Gasteiger partial charge < -0.3 is 15.5 Å². The molecule has 0 aliphatic carbocycles. The molecule has 0 fully saturated rings. The van der Waals surface area contributed by atoms with Crippen molar-refractivity contribution in [3.05, 3.63) is 17.6 Å². The van der Waals surface area contributed by atoms with Crippen LogP contribution in [-0.4, -0.2) is 45.8 Å². The van der Waals surface area contributed by atoms with E-state index in [9.17, 15) is 13.2 Å². The fourth-order valence-corrected chi connectivity index (χ4v) is 2.48. The minimum atomic E-state index is -3.61. The summed E-state index contributed by atoms with van der Waals surface area (Å²) in [7, 11) is -0.767. The highest BCUT2D eigenvalue weighted by Gasteiger charge is 2.25. The lowest BCUT2D eigenvalue weighted by Gasteiger charge is -2.09. The number of nitrogens with zero attached hydrogens (tertiary/aromatic N) is 1. The highest BCUT2D eigenvalue weighted by atomic mass is 32.2.